The molecule has 1 aromatic heterocycles. The predicted molar refractivity (Wildman–Crippen MR) is 87.6 cm³/mol. The van der Waals surface area contributed by atoms with Crippen LogP contribution in [0, 0.1) is 5.82 Å². The molecule has 0 radical (unpaired) electrons. The van der Waals surface area contributed by atoms with Crippen LogP contribution in [0.3, 0.4) is 0 Å². The van der Waals surface area contributed by atoms with E-state index >= 15 is 0 Å². The number of hydrogen-bond donors (Lipinski definition) is 0. The summed E-state index contributed by atoms with van der Waals surface area (Å²) >= 11 is 6.25. The molecule has 0 saturated carbocycles. The van der Waals surface area contributed by atoms with Gasteiger partial charge in [-0.05, 0) is 35.7 Å². The van der Waals surface area contributed by atoms with Crippen LogP contribution in [-0.4, -0.2) is 0 Å². The first-order valence-electron chi connectivity index (χ1n) is 7.20. The highest BCUT2D eigenvalue weighted by Crippen LogP contribution is 2.31. The second kappa shape index (κ2) is 6.42. The minimum absolute atomic E-state index is 0.167. The Balaban J connectivity index is 1.95. The normalized spacial score (nSPS) is 10.9. The molecule has 0 fully saturated rings. The predicted octanol–water partition coefficient (Wildman–Crippen LogP) is 4.73. The molecule has 0 atom stereocenters. The molecular formula is C18H14ClFO3. The van der Waals surface area contributed by atoms with Crippen molar-refractivity contribution in [2.75, 3.05) is 0 Å². The molecule has 0 saturated heterocycles. The molecule has 0 spiro atoms. The van der Waals surface area contributed by atoms with Crippen LogP contribution < -0.4 is 10.4 Å². The lowest BCUT2D eigenvalue weighted by Crippen LogP contribution is -2.01. The summed E-state index contributed by atoms with van der Waals surface area (Å²) in [5.74, 6) is 0.0640. The summed E-state index contributed by atoms with van der Waals surface area (Å²) in [5.41, 5.74) is 1.57. The van der Waals surface area contributed by atoms with Gasteiger partial charge in [0.05, 0.1) is 5.02 Å². The van der Waals surface area contributed by atoms with Gasteiger partial charge in [-0.2, -0.15) is 0 Å². The molecule has 3 aromatic rings. The number of hydrogen-bond acceptors (Lipinski definition) is 3. The second-order valence-corrected chi connectivity index (χ2v) is 5.55. The van der Waals surface area contributed by atoms with Crippen molar-refractivity contribution in [1.82, 2.24) is 0 Å². The van der Waals surface area contributed by atoms with Gasteiger partial charge in [-0.25, -0.2) is 9.18 Å². The third kappa shape index (κ3) is 3.37. The fourth-order valence-corrected chi connectivity index (χ4v) is 2.64. The lowest BCUT2D eigenvalue weighted by atomic mass is 10.1. The van der Waals surface area contributed by atoms with E-state index in [9.17, 15) is 9.18 Å². The molecular weight excluding hydrogens is 319 g/mol. The van der Waals surface area contributed by atoms with Crippen molar-refractivity contribution in [3.63, 3.8) is 0 Å². The molecule has 23 heavy (non-hydrogen) atoms. The monoisotopic (exact) mass is 332 g/mol. The van der Waals surface area contributed by atoms with E-state index < -0.39 is 5.63 Å². The van der Waals surface area contributed by atoms with Gasteiger partial charge in [0.25, 0.3) is 0 Å². The first-order valence-corrected chi connectivity index (χ1v) is 7.58. The number of halogens is 2. The van der Waals surface area contributed by atoms with Crippen molar-refractivity contribution in [2.45, 2.75) is 20.0 Å². The summed E-state index contributed by atoms with van der Waals surface area (Å²) in [6, 6.07) is 10.9. The third-order valence-corrected chi connectivity index (χ3v) is 3.84. The Hall–Kier alpha value is -2.33. The number of benzene rings is 2. The highest BCUT2D eigenvalue weighted by molar-refractivity contribution is 6.32. The number of fused-ring (bicyclic) bond motifs is 1. The molecule has 3 nitrogen and oxygen atoms in total. The average Bonchev–Trinajstić information content (AvgIpc) is 2.52. The summed E-state index contributed by atoms with van der Waals surface area (Å²) in [6.45, 7) is 2.12. The van der Waals surface area contributed by atoms with Crippen molar-refractivity contribution in [3.8, 4) is 5.75 Å². The van der Waals surface area contributed by atoms with E-state index in [1.54, 1.807) is 24.3 Å². The molecule has 2 aromatic carbocycles. The molecule has 5 heteroatoms. The van der Waals surface area contributed by atoms with Gasteiger partial charge in [0.2, 0.25) is 0 Å². The van der Waals surface area contributed by atoms with E-state index in [-0.39, 0.29) is 12.4 Å². The topological polar surface area (TPSA) is 39.4 Å². The first kappa shape index (κ1) is 15.6. The van der Waals surface area contributed by atoms with Crippen LogP contribution in [0.4, 0.5) is 4.39 Å². The van der Waals surface area contributed by atoms with Gasteiger partial charge in [0, 0.05) is 17.5 Å². The number of ether oxygens (including phenoxy) is 1. The van der Waals surface area contributed by atoms with Crippen LogP contribution in [0.25, 0.3) is 11.0 Å². The molecule has 0 aliphatic heterocycles. The Morgan fingerprint density at radius 2 is 2.04 bits per heavy atom. The summed E-state index contributed by atoms with van der Waals surface area (Å²) < 4.78 is 24.0. The molecule has 0 aliphatic rings. The zero-order chi connectivity index (χ0) is 16.4. The molecule has 0 unspecified atom stereocenters. The standard InChI is InChI=1S/C18H14ClFO3/c1-2-12-7-18(21)23-16-9-17(15(19)8-14(12)16)22-10-11-4-3-5-13(20)6-11/h3-9H,2,10H2,1H3. The minimum atomic E-state index is -0.409. The van der Waals surface area contributed by atoms with Crippen molar-refractivity contribution in [2.24, 2.45) is 0 Å². The van der Waals surface area contributed by atoms with E-state index in [0.29, 0.717) is 28.3 Å². The largest absolute Gasteiger partial charge is 0.487 e. The number of rotatable bonds is 4. The van der Waals surface area contributed by atoms with Crippen LogP contribution in [-0.2, 0) is 13.0 Å². The van der Waals surface area contributed by atoms with Gasteiger partial charge >= 0.3 is 5.63 Å². The molecule has 0 aliphatic carbocycles. The van der Waals surface area contributed by atoms with Crippen molar-refractivity contribution in [3.05, 3.63) is 74.9 Å². The third-order valence-electron chi connectivity index (χ3n) is 3.55. The smallest absolute Gasteiger partial charge is 0.336 e. The molecule has 1 heterocycles. The van der Waals surface area contributed by atoms with Crippen molar-refractivity contribution >= 4 is 22.6 Å². The Bertz CT molecular complexity index is 918. The highest BCUT2D eigenvalue weighted by Gasteiger charge is 2.10. The van der Waals surface area contributed by atoms with Crippen molar-refractivity contribution in [1.29, 1.82) is 0 Å². The Morgan fingerprint density at radius 1 is 1.22 bits per heavy atom. The minimum Gasteiger partial charge on any atom is -0.487 e. The first-order chi connectivity index (χ1) is 11.1. The van der Waals surface area contributed by atoms with Gasteiger partial charge in [0.15, 0.2) is 0 Å². The molecule has 118 valence electrons. The van der Waals surface area contributed by atoms with Gasteiger partial charge < -0.3 is 9.15 Å². The van der Waals surface area contributed by atoms with E-state index in [2.05, 4.69) is 0 Å². The summed E-state index contributed by atoms with van der Waals surface area (Å²) in [6.07, 6.45) is 0.696. The maximum absolute atomic E-state index is 13.2. The summed E-state index contributed by atoms with van der Waals surface area (Å²) in [5, 5.41) is 1.20. The van der Waals surface area contributed by atoms with Crippen LogP contribution in [0.15, 0.2) is 51.7 Å². The lowest BCUT2D eigenvalue weighted by Gasteiger charge is -2.10. The number of aryl methyl sites for hydroxylation is 1. The molecule has 0 N–H and O–H groups in total. The lowest BCUT2D eigenvalue weighted by molar-refractivity contribution is 0.305. The van der Waals surface area contributed by atoms with Crippen LogP contribution in [0.1, 0.15) is 18.1 Å². The quantitative estimate of drug-likeness (QED) is 0.648. The Morgan fingerprint density at radius 3 is 2.78 bits per heavy atom. The van der Waals surface area contributed by atoms with E-state index in [1.165, 1.54) is 18.2 Å². The zero-order valence-corrected chi connectivity index (χ0v) is 13.2. The van der Waals surface area contributed by atoms with Gasteiger partial charge in [-0.15, -0.1) is 0 Å². The van der Waals surface area contributed by atoms with Crippen LogP contribution in [0.5, 0.6) is 5.75 Å². The van der Waals surface area contributed by atoms with E-state index in [4.69, 9.17) is 20.8 Å². The van der Waals surface area contributed by atoms with E-state index in [0.717, 1.165) is 10.9 Å². The maximum Gasteiger partial charge on any atom is 0.336 e. The van der Waals surface area contributed by atoms with E-state index in [1.807, 2.05) is 6.92 Å². The zero-order valence-electron chi connectivity index (χ0n) is 12.4. The van der Waals surface area contributed by atoms with Gasteiger partial charge in [-0.3, -0.25) is 0 Å². The van der Waals surface area contributed by atoms with Gasteiger partial charge in [-0.1, -0.05) is 30.7 Å². The summed E-state index contributed by atoms with van der Waals surface area (Å²) in [7, 11) is 0. The fourth-order valence-electron chi connectivity index (χ4n) is 2.42. The average molecular weight is 333 g/mol. The maximum atomic E-state index is 13.2. The molecule has 3 rings (SSSR count). The Kier molecular flexibility index (Phi) is 4.35. The highest BCUT2D eigenvalue weighted by atomic mass is 35.5. The van der Waals surface area contributed by atoms with Gasteiger partial charge in [0.1, 0.15) is 23.8 Å². The summed E-state index contributed by atoms with van der Waals surface area (Å²) in [4.78, 5) is 11.6. The SMILES string of the molecule is CCc1cc(=O)oc2cc(OCc3cccc(F)c3)c(Cl)cc12. The Labute approximate surface area is 137 Å². The van der Waals surface area contributed by atoms with Crippen LogP contribution in [0.2, 0.25) is 5.02 Å². The second-order valence-electron chi connectivity index (χ2n) is 5.14. The molecule has 0 bridgehead atoms. The molecule has 0 amide bonds. The van der Waals surface area contributed by atoms with Crippen molar-refractivity contribution < 1.29 is 13.5 Å². The fraction of sp³-hybridized carbons (Fsp3) is 0.167. The van der Waals surface area contributed by atoms with Crippen LogP contribution >= 0.6 is 11.6 Å².